The van der Waals surface area contributed by atoms with Crippen LogP contribution in [0.2, 0.25) is 0 Å². The molecule has 7 heteroatoms. The predicted molar refractivity (Wildman–Crippen MR) is 199 cm³/mol. The Bertz CT molecular complexity index is 848. The minimum absolute atomic E-state index is 0.0390. The molecule has 0 aromatic carbocycles. The van der Waals surface area contributed by atoms with Gasteiger partial charge in [-0.15, -0.1) is 0 Å². The van der Waals surface area contributed by atoms with Crippen LogP contribution in [0, 0.1) is 0 Å². The molecule has 0 fully saturated rings. The van der Waals surface area contributed by atoms with E-state index < -0.39 is 30.9 Å². The number of rotatable bonds is 34. The highest BCUT2D eigenvalue weighted by Gasteiger charge is 2.18. The molecule has 0 rings (SSSR count). The SMILES string of the molecule is CC/C=C\C/C=C\C/C=C\C/C=C\C[C@@H](O)[C@H](O)CCCC(=O)O[C@@H](CO)COC(=O)CCCCCCCCCCCCCCCCC. The van der Waals surface area contributed by atoms with Crippen LogP contribution < -0.4 is 0 Å². The summed E-state index contributed by atoms with van der Waals surface area (Å²) >= 11 is 0. The van der Waals surface area contributed by atoms with Crippen molar-refractivity contribution in [1.82, 2.24) is 0 Å². The van der Waals surface area contributed by atoms with Gasteiger partial charge in [0.2, 0.25) is 0 Å². The van der Waals surface area contributed by atoms with E-state index in [0.717, 1.165) is 44.9 Å². The van der Waals surface area contributed by atoms with Gasteiger partial charge in [0.05, 0.1) is 18.8 Å². The van der Waals surface area contributed by atoms with E-state index in [1.54, 1.807) is 0 Å². The molecule has 0 aliphatic carbocycles. The lowest BCUT2D eigenvalue weighted by atomic mass is 10.0. The Morgan fingerprint density at radius 2 is 1.02 bits per heavy atom. The fourth-order valence-electron chi connectivity index (χ4n) is 5.29. The van der Waals surface area contributed by atoms with Crippen molar-refractivity contribution in [3.05, 3.63) is 48.6 Å². The Hall–Kier alpha value is -2.22. The lowest BCUT2D eigenvalue weighted by molar-refractivity contribution is -0.161. The van der Waals surface area contributed by atoms with Crippen molar-refractivity contribution in [1.29, 1.82) is 0 Å². The zero-order valence-electron chi connectivity index (χ0n) is 30.7. The van der Waals surface area contributed by atoms with Gasteiger partial charge in [0.25, 0.3) is 0 Å². The summed E-state index contributed by atoms with van der Waals surface area (Å²) in [5.74, 6) is -0.877. The molecule has 3 atom stereocenters. The van der Waals surface area contributed by atoms with Crippen molar-refractivity contribution >= 4 is 11.9 Å². The standard InChI is InChI=1S/C41H72O7/c1-3-5-7-9-11-13-15-17-18-19-21-23-25-27-29-33-40(45)47-36-37(35-42)48-41(46)34-30-32-39(44)38(43)31-28-26-24-22-20-16-14-12-10-8-6-4-2/h6,8,12,14,20,22,26,28,37-39,42-44H,3-5,7,9-11,13,15-19,21,23-25,27,29-36H2,1-2H3/b8-6-,14-12-,22-20-,28-26-/t37-,38+,39+/m0/s1. The quantitative estimate of drug-likeness (QED) is 0.0353. The molecule has 0 spiro atoms. The molecule has 0 heterocycles. The molecule has 0 aliphatic rings. The van der Waals surface area contributed by atoms with Crippen LogP contribution in [0.3, 0.4) is 0 Å². The lowest BCUT2D eigenvalue weighted by Gasteiger charge is -2.17. The van der Waals surface area contributed by atoms with Gasteiger partial charge in [0.1, 0.15) is 6.61 Å². The second-order valence-corrected chi connectivity index (χ2v) is 12.9. The fourth-order valence-corrected chi connectivity index (χ4v) is 5.29. The van der Waals surface area contributed by atoms with Crippen LogP contribution in [0.25, 0.3) is 0 Å². The molecule has 0 aliphatic heterocycles. The first kappa shape index (κ1) is 45.8. The highest BCUT2D eigenvalue weighted by molar-refractivity contribution is 5.70. The summed E-state index contributed by atoms with van der Waals surface area (Å²) in [6, 6.07) is 0. The minimum atomic E-state index is -0.945. The van der Waals surface area contributed by atoms with E-state index in [9.17, 15) is 24.9 Å². The van der Waals surface area contributed by atoms with Gasteiger partial charge in [-0.1, -0.05) is 152 Å². The van der Waals surface area contributed by atoms with Gasteiger partial charge in [0, 0.05) is 12.8 Å². The van der Waals surface area contributed by atoms with E-state index in [1.165, 1.54) is 77.0 Å². The zero-order chi connectivity index (χ0) is 35.3. The van der Waals surface area contributed by atoms with E-state index in [2.05, 4.69) is 50.3 Å². The summed E-state index contributed by atoms with van der Waals surface area (Å²) in [5, 5.41) is 30.0. The van der Waals surface area contributed by atoms with Crippen molar-refractivity contribution < 1.29 is 34.4 Å². The molecular weight excluding hydrogens is 604 g/mol. The summed E-state index contributed by atoms with van der Waals surface area (Å²) in [4.78, 5) is 24.3. The van der Waals surface area contributed by atoms with Gasteiger partial charge in [-0.05, 0) is 51.4 Å². The van der Waals surface area contributed by atoms with Gasteiger partial charge in [0.15, 0.2) is 6.10 Å². The van der Waals surface area contributed by atoms with Crippen molar-refractivity contribution in [3.8, 4) is 0 Å². The van der Waals surface area contributed by atoms with Gasteiger partial charge >= 0.3 is 11.9 Å². The maximum atomic E-state index is 12.2. The molecule has 48 heavy (non-hydrogen) atoms. The van der Waals surface area contributed by atoms with Crippen molar-refractivity contribution in [3.63, 3.8) is 0 Å². The molecule has 0 saturated heterocycles. The maximum Gasteiger partial charge on any atom is 0.306 e. The van der Waals surface area contributed by atoms with E-state index in [0.29, 0.717) is 19.3 Å². The van der Waals surface area contributed by atoms with Crippen LogP contribution in [0.4, 0.5) is 0 Å². The van der Waals surface area contributed by atoms with Crippen molar-refractivity contribution in [2.75, 3.05) is 13.2 Å². The Balaban J connectivity index is 3.82. The molecular formula is C41H72O7. The molecule has 7 nitrogen and oxygen atoms in total. The average molecular weight is 677 g/mol. The van der Waals surface area contributed by atoms with Gasteiger partial charge in [-0.25, -0.2) is 0 Å². The zero-order valence-corrected chi connectivity index (χ0v) is 30.7. The van der Waals surface area contributed by atoms with E-state index in [1.807, 2.05) is 12.2 Å². The van der Waals surface area contributed by atoms with Gasteiger partial charge < -0.3 is 24.8 Å². The highest BCUT2D eigenvalue weighted by Crippen LogP contribution is 2.14. The third-order valence-electron chi connectivity index (χ3n) is 8.34. The van der Waals surface area contributed by atoms with E-state index in [-0.39, 0.29) is 25.4 Å². The van der Waals surface area contributed by atoms with Crippen molar-refractivity contribution in [2.45, 2.75) is 186 Å². The highest BCUT2D eigenvalue weighted by atomic mass is 16.6. The molecule has 0 aromatic rings. The minimum Gasteiger partial charge on any atom is -0.462 e. The Morgan fingerprint density at radius 1 is 0.562 bits per heavy atom. The topological polar surface area (TPSA) is 113 Å². The van der Waals surface area contributed by atoms with Crippen LogP contribution in [0.5, 0.6) is 0 Å². The van der Waals surface area contributed by atoms with Gasteiger partial charge in [-0.3, -0.25) is 9.59 Å². The smallest absolute Gasteiger partial charge is 0.306 e. The number of ether oxygens (including phenoxy) is 2. The third kappa shape index (κ3) is 32.3. The number of unbranched alkanes of at least 4 members (excludes halogenated alkanes) is 14. The molecule has 0 unspecified atom stereocenters. The largest absolute Gasteiger partial charge is 0.462 e. The van der Waals surface area contributed by atoms with E-state index in [4.69, 9.17) is 9.47 Å². The molecule has 0 bridgehead atoms. The number of hydrogen-bond donors (Lipinski definition) is 3. The van der Waals surface area contributed by atoms with Crippen LogP contribution in [0.1, 0.15) is 168 Å². The number of carbonyl (C=O) groups excluding carboxylic acids is 2. The van der Waals surface area contributed by atoms with E-state index >= 15 is 0 Å². The van der Waals surface area contributed by atoms with Gasteiger partial charge in [-0.2, -0.15) is 0 Å². The summed E-state index contributed by atoms with van der Waals surface area (Å²) in [5.41, 5.74) is 0. The van der Waals surface area contributed by atoms with Crippen LogP contribution in [-0.4, -0.2) is 58.8 Å². The third-order valence-corrected chi connectivity index (χ3v) is 8.34. The predicted octanol–water partition coefficient (Wildman–Crippen LogP) is 9.78. The number of aliphatic hydroxyl groups excluding tert-OH is 3. The second kappa shape index (κ2) is 36.1. The summed E-state index contributed by atoms with van der Waals surface area (Å²) in [6.45, 7) is 3.77. The summed E-state index contributed by atoms with van der Waals surface area (Å²) in [6.07, 6.45) is 37.7. The maximum absolute atomic E-state index is 12.2. The Labute approximate surface area is 294 Å². The fraction of sp³-hybridized carbons (Fsp3) is 0.756. The van der Waals surface area contributed by atoms with Crippen LogP contribution in [-0.2, 0) is 19.1 Å². The molecule has 278 valence electrons. The number of esters is 2. The summed E-state index contributed by atoms with van der Waals surface area (Å²) < 4.78 is 10.5. The number of allylic oxidation sites excluding steroid dienone is 7. The Morgan fingerprint density at radius 3 is 1.52 bits per heavy atom. The molecule has 0 saturated carbocycles. The molecule has 0 radical (unpaired) electrons. The number of carbonyl (C=O) groups is 2. The number of aliphatic hydroxyl groups is 3. The molecule has 0 amide bonds. The average Bonchev–Trinajstić information content (AvgIpc) is 3.08. The molecule has 3 N–H and O–H groups in total. The first-order chi connectivity index (χ1) is 23.4. The first-order valence-corrected chi connectivity index (χ1v) is 19.4. The van der Waals surface area contributed by atoms with Crippen LogP contribution in [0.15, 0.2) is 48.6 Å². The van der Waals surface area contributed by atoms with Crippen LogP contribution >= 0.6 is 0 Å². The Kier molecular flexibility index (Phi) is 34.4. The number of hydrogen-bond acceptors (Lipinski definition) is 7. The normalized spacial score (nSPS) is 14.0. The second-order valence-electron chi connectivity index (χ2n) is 12.9. The monoisotopic (exact) mass is 677 g/mol. The molecule has 0 aromatic heterocycles. The van der Waals surface area contributed by atoms with Crippen molar-refractivity contribution in [2.24, 2.45) is 0 Å². The first-order valence-electron chi connectivity index (χ1n) is 19.4. The summed E-state index contributed by atoms with van der Waals surface area (Å²) in [7, 11) is 0. The lowest BCUT2D eigenvalue weighted by Crippen LogP contribution is -2.29.